The molecule has 1 aliphatic carbocycles. The van der Waals surface area contributed by atoms with Crippen LogP contribution in [-0.2, 0) is 0 Å². The summed E-state index contributed by atoms with van der Waals surface area (Å²) in [5, 5.41) is 13.4. The van der Waals surface area contributed by atoms with Crippen LogP contribution in [-0.4, -0.2) is 10.9 Å². The van der Waals surface area contributed by atoms with Crippen LogP contribution in [0, 0.1) is 5.92 Å². The fourth-order valence-electron chi connectivity index (χ4n) is 2.57. The standard InChI is InChI=1S/C17H26N2O/c1-4-5-6-7-13(3)17-18-14-9-8-12(2)16(20)11-15(10-14)19-17/h9,11,13,20H,4-8,10H2,1-3H3,(H,18,19)/b14-9+,15-11+,16-12+. The summed E-state index contributed by atoms with van der Waals surface area (Å²) in [6.45, 7) is 6.42. The van der Waals surface area contributed by atoms with Gasteiger partial charge in [-0.05, 0) is 31.4 Å². The van der Waals surface area contributed by atoms with Crippen molar-refractivity contribution in [3.8, 4) is 0 Å². The van der Waals surface area contributed by atoms with Gasteiger partial charge in [-0.25, -0.2) is 4.99 Å². The molecule has 2 rings (SSSR count). The van der Waals surface area contributed by atoms with Gasteiger partial charge in [0.15, 0.2) is 0 Å². The number of nitrogens with zero attached hydrogens (tertiary/aromatic N) is 1. The predicted octanol–water partition coefficient (Wildman–Crippen LogP) is 4.60. The van der Waals surface area contributed by atoms with Gasteiger partial charge in [0, 0.05) is 23.7 Å². The Labute approximate surface area is 122 Å². The lowest BCUT2D eigenvalue weighted by Gasteiger charge is -2.25. The number of allylic oxidation sites excluding steroid dienone is 3. The van der Waals surface area contributed by atoms with Gasteiger partial charge >= 0.3 is 0 Å². The van der Waals surface area contributed by atoms with Gasteiger partial charge < -0.3 is 10.4 Å². The van der Waals surface area contributed by atoms with Gasteiger partial charge in [-0.15, -0.1) is 0 Å². The molecule has 2 aliphatic rings. The maximum Gasteiger partial charge on any atom is 0.116 e. The molecule has 0 saturated heterocycles. The highest BCUT2D eigenvalue weighted by Gasteiger charge is 2.19. The summed E-state index contributed by atoms with van der Waals surface area (Å²) in [6, 6.07) is 0. The molecule has 0 spiro atoms. The van der Waals surface area contributed by atoms with Crippen molar-refractivity contribution >= 4 is 5.84 Å². The molecule has 0 fully saturated rings. The van der Waals surface area contributed by atoms with Gasteiger partial charge in [-0.1, -0.05) is 39.2 Å². The first kappa shape index (κ1) is 14.9. The van der Waals surface area contributed by atoms with E-state index in [4.69, 9.17) is 4.99 Å². The third-order valence-corrected chi connectivity index (χ3v) is 4.02. The van der Waals surface area contributed by atoms with Crippen LogP contribution in [0.3, 0.4) is 0 Å². The Balaban J connectivity index is 2.12. The average molecular weight is 274 g/mol. The summed E-state index contributed by atoms with van der Waals surface area (Å²) in [5.74, 6) is 1.89. The maximum absolute atomic E-state index is 9.99. The lowest BCUT2D eigenvalue weighted by Crippen LogP contribution is -2.32. The van der Waals surface area contributed by atoms with Gasteiger partial charge in [0.25, 0.3) is 0 Å². The Morgan fingerprint density at radius 3 is 2.95 bits per heavy atom. The molecule has 3 heteroatoms. The zero-order chi connectivity index (χ0) is 14.5. The van der Waals surface area contributed by atoms with Gasteiger partial charge in [-0.3, -0.25) is 0 Å². The zero-order valence-corrected chi connectivity index (χ0v) is 12.9. The smallest absolute Gasteiger partial charge is 0.116 e. The minimum Gasteiger partial charge on any atom is -0.508 e. The number of fused-ring (bicyclic) bond motifs is 2. The lowest BCUT2D eigenvalue weighted by atomic mass is 9.99. The number of unbranched alkanes of at least 4 members (excludes halogenated alkanes) is 2. The van der Waals surface area contributed by atoms with Crippen molar-refractivity contribution in [3.63, 3.8) is 0 Å². The van der Waals surface area contributed by atoms with Gasteiger partial charge in [0.1, 0.15) is 11.6 Å². The van der Waals surface area contributed by atoms with Crippen LogP contribution in [0.15, 0.2) is 39.9 Å². The molecule has 0 saturated carbocycles. The van der Waals surface area contributed by atoms with Crippen LogP contribution in [0.25, 0.3) is 0 Å². The van der Waals surface area contributed by atoms with E-state index in [1.807, 2.05) is 13.0 Å². The molecule has 0 aromatic heterocycles. The molecule has 2 bridgehead atoms. The number of amidine groups is 1. The number of aliphatic hydroxyl groups excluding tert-OH is 1. The van der Waals surface area contributed by atoms with E-state index in [2.05, 4.69) is 25.2 Å². The first-order valence-corrected chi connectivity index (χ1v) is 7.74. The number of aliphatic hydroxyl groups is 1. The summed E-state index contributed by atoms with van der Waals surface area (Å²) in [5.41, 5.74) is 3.18. The number of nitrogens with one attached hydrogen (secondary N) is 1. The minimum absolute atomic E-state index is 0.391. The first-order valence-electron chi connectivity index (χ1n) is 7.74. The van der Waals surface area contributed by atoms with Crippen molar-refractivity contribution in [2.75, 3.05) is 0 Å². The lowest BCUT2D eigenvalue weighted by molar-refractivity contribution is 0.422. The highest BCUT2D eigenvalue weighted by molar-refractivity contribution is 5.88. The zero-order valence-electron chi connectivity index (χ0n) is 12.9. The molecule has 0 amide bonds. The molecule has 20 heavy (non-hydrogen) atoms. The summed E-state index contributed by atoms with van der Waals surface area (Å²) in [6.07, 6.45) is 10.5. The number of aliphatic imine (C=N–C) groups is 1. The van der Waals surface area contributed by atoms with E-state index in [1.165, 1.54) is 25.7 Å². The highest BCUT2D eigenvalue weighted by Crippen LogP contribution is 2.25. The third-order valence-electron chi connectivity index (χ3n) is 4.02. The molecule has 3 nitrogen and oxygen atoms in total. The van der Waals surface area contributed by atoms with Crippen molar-refractivity contribution in [1.29, 1.82) is 0 Å². The molecule has 0 aromatic carbocycles. The average Bonchev–Trinajstić information content (AvgIpc) is 2.43. The quantitative estimate of drug-likeness (QED) is 0.720. The molecular weight excluding hydrogens is 248 g/mol. The van der Waals surface area contributed by atoms with Gasteiger partial charge in [0.05, 0.1) is 0 Å². The predicted molar refractivity (Wildman–Crippen MR) is 84.6 cm³/mol. The molecule has 1 unspecified atom stereocenters. The van der Waals surface area contributed by atoms with E-state index >= 15 is 0 Å². The van der Waals surface area contributed by atoms with E-state index in [1.54, 1.807) is 0 Å². The largest absolute Gasteiger partial charge is 0.508 e. The maximum atomic E-state index is 9.99. The molecular formula is C17H26N2O. The van der Waals surface area contributed by atoms with E-state index < -0.39 is 0 Å². The highest BCUT2D eigenvalue weighted by atomic mass is 16.3. The topological polar surface area (TPSA) is 44.6 Å². The third kappa shape index (κ3) is 3.75. The van der Waals surface area contributed by atoms with Crippen molar-refractivity contribution in [1.82, 2.24) is 5.32 Å². The number of hydrogen-bond donors (Lipinski definition) is 2. The van der Waals surface area contributed by atoms with Gasteiger partial charge in [-0.2, -0.15) is 0 Å². The minimum atomic E-state index is 0.391. The Kier molecular flexibility index (Phi) is 5.05. The van der Waals surface area contributed by atoms with E-state index in [0.717, 1.165) is 35.6 Å². The van der Waals surface area contributed by atoms with E-state index in [-0.39, 0.29) is 0 Å². The van der Waals surface area contributed by atoms with Crippen molar-refractivity contribution in [3.05, 3.63) is 34.9 Å². The molecule has 110 valence electrons. The second-order valence-electron chi connectivity index (χ2n) is 5.93. The van der Waals surface area contributed by atoms with Crippen LogP contribution in [0.4, 0.5) is 0 Å². The summed E-state index contributed by atoms with van der Waals surface area (Å²) >= 11 is 0. The van der Waals surface area contributed by atoms with Crippen LogP contribution in [0.2, 0.25) is 0 Å². The Hall–Kier alpha value is -1.51. The Morgan fingerprint density at radius 2 is 2.20 bits per heavy atom. The van der Waals surface area contributed by atoms with Crippen molar-refractivity contribution < 1.29 is 5.11 Å². The Bertz CT molecular complexity index is 483. The first-order chi connectivity index (χ1) is 9.60. The molecule has 0 radical (unpaired) electrons. The SMILES string of the molecule is CCCCCC(C)C1=N/C2=C/C/C(C)=C(O)\C=C(/C2)N1. The Morgan fingerprint density at radius 1 is 1.40 bits per heavy atom. The van der Waals surface area contributed by atoms with Crippen molar-refractivity contribution in [2.24, 2.45) is 10.9 Å². The fraction of sp³-hybridized carbons (Fsp3) is 0.588. The van der Waals surface area contributed by atoms with Crippen LogP contribution in [0.5, 0.6) is 0 Å². The second-order valence-corrected chi connectivity index (χ2v) is 5.93. The molecule has 1 atom stereocenters. The molecule has 0 aromatic rings. The van der Waals surface area contributed by atoms with Gasteiger partial charge in [0.2, 0.25) is 0 Å². The number of rotatable bonds is 5. The van der Waals surface area contributed by atoms with Crippen LogP contribution >= 0.6 is 0 Å². The van der Waals surface area contributed by atoms with Crippen LogP contribution < -0.4 is 5.32 Å². The second kappa shape index (κ2) is 6.78. The summed E-state index contributed by atoms with van der Waals surface area (Å²) < 4.78 is 0. The van der Waals surface area contributed by atoms with Crippen molar-refractivity contribution in [2.45, 2.75) is 59.3 Å². The van der Waals surface area contributed by atoms with Crippen LogP contribution in [0.1, 0.15) is 59.3 Å². The summed E-state index contributed by atoms with van der Waals surface area (Å²) in [4.78, 5) is 4.76. The fourth-order valence-corrected chi connectivity index (χ4v) is 2.57. The van der Waals surface area contributed by atoms with E-state index in [0.29, 0.717) is 11.7 Å². The normalized spacial score (nSPS) is 29.1. The monoisotopic (exact) mass is 274 g/mol. The molecule has 1 heterocycles. The summed E-state index contributed by atoms with van der Waals surface area (Å²) in [7, 11) is 0. The molecule has 1 aliphatic heterocycles. The number of hydrogen-bond acceptors (Lipinski definition) is 3. The van der Waals surface area contributed by atoms with E-state index in [9.17, 15) is 5.11 Å². The molecule has 2 N–H and O–H groups in total.